The summed E-state index contributed by atoms with van der Waals surface area (Å²) in [7, 11) is 0. The smallest absolute Gasteiger partial charge is 0.413 e. The molecule has 0 N–H and O–H groups in total. The van der Waals surface area contributed by atoms with Crippen LogP contribution in [-0.2, 0) is 4.74 Å². The lowest BCUT2D eigenvalue weighted by atomic mass is 9.92. The molecule has 1 fully saturated rings. The van der Waals surface area contributed by atoms with Gasteiger partial charge in [-0.25, -0.2) is 4.79 Å². The minimum absolute atomic E-state index is 0.363. The van der Waals surface area contributed by atoms with Crippen molar-refractivity contribution in [1.82, 2.24) is 0 Å². The molecule has 0 aromatic heterocycles. The second kappa shape index (κ2) is 4.69. The molecule has 0 bridgehead atoms. The molecular weight excluding hydrogens is 226 g/mol. The molecule has 94 valence electrons. The number of amides is 1. The van der Waals surface area contributed by atoms with Crippen LogP contribution in [0.1, 0.15) is 19.8 Å². The highest BCUT2D eigenvalue weighted by Crippen LogP contribution is 2.39. The highest BCUT2D eigenvalue weighted by molar-refractivity contribution is 5.93. The molecule has 0 aliphatic carbocycles. The van der Waals surface area contributed by atoms with Gasteiger partial charge in [0, 0.05) is 5.69 Å². The van der Waals surface area contributed by atoms with Crippen LogP contribution in [0.4, 0.5) is 10.5 Å². The number of nitrogens with zero attached hydrogens (tertiary/aromatic N) is 1. The topological polar surface area (TPSA) is 29.5 Å². The zero-order chi connectivity index (χ0) is 13.2. The number of benzene rings is 1. The fraction of sp³-hybridized carbons (Fsp3) is 0.267. The van der Waals surface area contributed by atoms with E-state index in [2.05, 4.69) is 13.2 Å². The fourth-order valence-electron chi connectivity index (χ4n) is 2.19. The normalized spacial score (nSPS) is 23.1. The first kappa shape index (κ1) is 12.4. The lowest BCUT2D eigenvalue weighted by Gasteiger charge is -2.32. The summed E-state index contributed by atoms with van der Waals surface area (Å²) >= 11 is 0. The molecule has 1 amide bonds. The largest absolute Gasteiger partial charge is 0.420 e. The van der Waals surface area contributed by atoms with Gasteiger partial charge in [-0.05, 0) is 31.9 Å². The summed E-state index contributed by atoms with van der Waals surface area (Å²) in [6.45, 7) is 9.56. The van der Waals surface area contributed by atoms with E-state index in [9.17, 15) is 4.79 Å². The van der Waals surface area contributed by atoms with Crippen molar-refractivity contribution in [3.05, 3.63) is 55.3 Å². The molecule has 18 heavy (non-hydrogen) atoms. The van der Waals surface area contributed by atoms with Crippen LogP contribution in [0.3, 0.4) is 0 Å². The maximum Gasteiger partial charge on any atom is 0.420 e. The van der Waals surface area contributed by atoms with Gasteiger partial charge in [-0.3, -0.25) is 4.90 Å². The third-order valence-electron chi connectivity index (χ3n) is 3.34. The summed E-state index contributed by atoms with van der Waals surface area (Å²) in [5.74, 6) is 0.498. The highest BCUT2D eigenvalue weighted by atomic mass is 16.6. The van der Waals surface area contributed by atoms with Crippen molar-refractivity contribution < 1.29 is 9.53 Å². The molecule has 1 aromatic carbocycles. The summed E-state index contributed by atoms with van der Waals surface area (Å²) in [6.07, 6.45) is 3.02. The van der Waals surface area contributed by atoms with E-state index in [-0.39, 0.29) is 6.09 Å². The van der Waals surface area contributed by atoms with Gasteiger partial charge in [-0.15, -0.1) is 6.58 Å². The molecule has 0 radical (unpaired) electrons. The van der Waals surface area contributed by atoms with Crippen molar-refractivity contribution in [1.29, 1.82) is 0 Å². The van der Waals surface area contributed by atoms with Crippen LogP contribution >= 0.6 is 0 Å². The second-order valence-electron chi connectivity index (χ2n) is 4.56. The average Bonchev–Trinajstić information content (AvgIpc) is 2.59. The van der Waals surface area contributed by atoms with Crippen molar-refractivity contribution in [3.8, 4) is 0 Å². The predicted molar refractivity (Wildman–Crippen MR) is 72.4 cm³/mol. The Balaban J connectivity index is 2.39. The molecule has 0 saturated carbocycles. The van der Waals surface area contributed by atoms with Gasteiger partial charge in [-0.2, -0.15) is 0 Å². The van der Waals surface area contributed by atoms with Gasteiger partial charge in [0.2, 0.25) is 0 Å². The molecule has 2 rings (SSSR count). The Hall–Kier alpha value is -2.03. The number of anilines is 1. The minimum Gasteiger partial charge on any atom is -0.413 e. The number of carbonyl (C=O) groups excluding carboxylic acids is 1. The highest BCUT2D eigenvalue weighted by Gasteiger charge is 2.47. The van der Waals surface area contributed by atoms with E-state index in [4.69, 9.17) is 4.74 Å². The summed E-state index contributed by atoms with van der Waals surface area (Å²) < 4.78 is 5.20. The van der Waals surface area contributed by atoms with E-state index in [1.807, 2.05) is 43.3 Å². The Kier molecular flexibility index (Phi) is 3.24. The molecule has 0 spiro atoms. The van der Waals surface area contributed by atoms with E-state index in [0.717, 1.165) is 18.5 Å². The van der Waals surface area contributed by atoms with Crippen LogP contribution in [0, 0.1) is 0 Å². The average molecular weight is 243 g/mol. The molecule has 3 heteroatoms. The van der Waals surface area contributed by atoms with Gasteiger partial charge < -0.3 is 4.74 Å². The van der Waals surface area contributed by atoms with Crippen LogP contribution < -0.4 is 4.90 Å². The van der Waals surface area contributed by atoms with Gasteiger partial charge in [0.1, 0.15) is 11.3 Å². The lowest BCUT2D eigenvalue weighted by molar-refractivity contribution is 0.198. The number of hydrogen-bond donors (Lipinski definition) is 0. The first-order chi connectivity index (χ1) is 8.59. The van der Waals surface area contributed by atoms with Crippen molar-refractivity contribution >= 4 is 11.8 Å². The Bertz CT molecular complexity index is 481. The van der Waals surface area contributed by atoms with Crippen molar-refractivity contribution in [3.63, 3.8) is 0 Å². The quantitative estimate of drug-likeness (QED) is 0.751. The number of ether oxygens (including phenoxy) is 1. The van der Waals surface area contributed by atoms with Crippen LogP contribution in [0.15, 0.2) is 55.3 Å². The predicted octanol–water partition coefficient (Wildman–Crippen LogP) is 3.88. The molecule has 1 aliphatic heterocycles. The Morgan fingerprint density at radius 3 is 2.67 bits per heavy atom. The molecular formula is C15H17NO2. The van der Waals surface area contributed by atoms with E-state index in [1.165, 1.54) is 0 Å². The van der Waals surface area contributed by atoms with Crippen LogP contribution in [-0.4, -0.2) is 11.6 Å². The SMILES string of the molecule is C=CCCC1(C)C(=C)OC(=O)N1c1ccccc1. The van der Waals surface area contributed by atoms with Crippen molar-refractivity contribution in [2.45, 2.75) is 25.3 Å². The fourth-order valence-corrected chi connectivity index (χ4v) is 2.19. The first-order valence-electron chi connectivity index (χ1n) is 5.97. The second-order valence-corrected chi connectivity index (χ2v) is 4.56. The zero-order valence-electron chi connectivity index (χ0n) is 10.6. The number of hydrogen-bond acceptors (Lipinski definition) is 2. The first-order valence-corrected chi connectivity index (χ1v) is 5.97. The zero-order valence-corrected chi connectivity index (χ0v) is 10.6. The molecule has 3 nitrogen and oxygen atoms in total. The number of allylic oxidation sites excluding steroid dienone is 1. The monoisotopic (exact) mass is 243 g/mol. The minimum atomic E-state index is -0.507. The summed E-state index contributed by atoms with van der Waals surface area (Å²) in [4.78, 5) is 13.6. The van der Waals surface area contributed by atoms with E-state index in [1.54, 1.807) is 4.90 Å². The summed E-state index contributed by atoms with van der Waals surface area (Å²) in [5, 5.41) is 0. The lowest BCUT2D eigenvalue weighted by Crippen LogP contribution is -2.43. The van der Waals surface area contributed by atoms with Crippen LogP contribution in [0.2, 0.25) is 0 Å². The number of rotatable bonds is 4. The Morgan fingerprint density at radius 2 is 2.06 bits per heavy atom. The number of carbonyl (C=O) groups is 1. The number of para-hydroxylation sites is 1. The van der Waals surface area contributed by atoms with Gasteiger partial charge in [0.25, 0.3) is 0 Å². The standard InChI is InChI=1S/C15H17NO2/c1-4-5-11-15(3)12(2)18-14(17)16(15)13-9-7-6-8-10-13/h4,6-10H,1-2,5,11H2,3H3. The van der Waals surface area contributed by atoms with E-state index < -0.39 is 5.54 Å². The molecule has 1 atom stereocenters. The van der Waals surface area contributed by atoms with Crippen molar-refractivity contribution in [2.24, 2.45) is 0 Å². The van der Waals surface area contributed by atoms with E-state index >= 15 is 0 Å². The molecule has 1 saturated heterocycles. The molecule has 1 unspecified atom stereocenters. The van der Waals surface area contributed by atoms with Crippen molar-refractivity contribution in [2.75, 3.05) is 4.90 Å². The van der Waals surface area contributed by atoms with Gasteiger partial charge in [0.05, 0.1) is 0 Å². The summed E-state index contributed by atoms with van der Waals surface area (Å²) in [5.41, 5.74) is 0.319. The van der Waals surface area contributed by atoms with E-state index in [0.29, 0.717) is 5.76 Å². The number of cyclic esters (lactones) is 1. The van der Waals surface area contributed by atoms with Gasteiger partial charge >= 0.3 is 6.09 Å². The van der Waals surface area contributed by atoms with Gasteiger partial charge in [-0.1, -0.05) is 30.9 Å². The maximum absolute atomic E-state index is 12.0. The molecule has 1 aliphatic rings. The third kappa shape index (κ3) is 1.92. The van der Waals surface area contributed by atoms with Crippen LogP contribution in [0.5, 0.6) is 0 Å². The Morgan fingerprint density at radius 1 is 1.39 bits per heavy atom. The van der Waals surface area contributed by atoms with Gasteiger partial charge in [0.15, 0.2) is 0 Å². The molecule has 1 heterocycles. The third-order valence-corrected chi connectivity index (χ3v) is 3.34. The summed E-state index contributed by atoms with van der Waals surface area (Å²) in [6, 6.07) is 9.51. The Labute approximate surface area is 107 Å². The maximum atomic E-state index is 12.0. The van der Waals surface area contributed by atoms with Crippen LogP contribution in [0.25, 0.3) is 0 Å². The molecule has 1 aromatic rings.